The van der Waals surface area contributed by atoms with Crippen molar-refractivity contribution < 1.29 is 0 Å². The normalized spacial score (nSPS) is 28.0. The largest absolute Gasteiger partial charge is 0.0845 e. The van der Waals surface area contributed by atoms with Crippen LogP contribution in [0.4, 0.5) is 0 Å². The summed E-state index contributed by atoms with van der Waals surface area (Å²) in [6.45, 7) is 0. The molecule has 24 heavy (non-hydrogen) atoms. The Labute approximate surface area is 150 Å². The fourth-order valence-electron chi connectivity index (χ4n) is 2.71. The lowest BCUT2D eigenvalue weighted by Gasteiger charge is -1.96. The van der Waals surface area contributed by atoms with Crippen LogP contribution < -0.4 is 0 Å². The van der Waals surface area contributed by atoms with Gasteiger partial charge in [-0.15, -0.1) is 0 Å². The van der Waals surface area contributed by atoms with Crippen molar-refractivity contribution in [3.8, 4) is 0 Å². The third kappa shape index (κ3) is 15.3. The molecule has 0 heteroatoms. The zero-order valence-electron chi connectivity index (χ0n) is 15.4. The van der Waals surface area contributed by atoms with Crippen LogP contribution in [0.25, 0.3) is 0 Å². The number of hydrogen-bond donors (Lipinski definition) is 0. The van der Waals surface area contributed by atoms with Gasteiger partial charge in [0.05, 0.1) is 0 Å². The standard InChI is InChI=1S/2C12H18/c2*1-2-4-6-8-10-12-11-9-7-5-3-1/h2*1-6H,7-12H2/b2*2-1-,5-3+,6-4+. The second kappa shape index (κ2) is 17.8. The SMILES string of the molecule is C1=C\C=C\CCCCCC/C=C/1.C1=C\C=C\CCCCCC/C=C/1. The van der Waals surface area contributed by atoms with E-state index in [9.17, 15) is 0 Å². The van der Waals surface area contributed by atoms with Crippen molar-refractivity contribution in [1.82, 2.24) is 0 Å². The highest BCUT2D eigenvalue weighted by Crippen LogP contribution is 2.08. The third-order valence-corrected chi connectivity index (χ3v) is 4.19. The molecule has 0 aromatic heterocycles. The van der Waals surface area contributed by atoms with Crippen molar-refractivity contribution in [2.75, 3.05) is 0 Å². The lowest BCUT2D eigenvalue weighted by molar-refractivity contribution is 0.652. The molecule has 0 bridgehead atoms. The van der Waals surface area contributed by atoms with Crippen molar-refractivity contribution in [3.05, 3.63) is 72.9 Å². The molecule has 0 N–H and O–H groups in total. The van der Waals surface area contributed by atoms with Crippen molar-refractivity contribution in [1.29, 1.82) is 0 Å². The first-order chi connectivity index (χ1) is 12.0. The van der Waals surface area contributed by atoms with Gasteiger partial charge < -0.3 is 0 Å². The van der Waals surface area contributed by atoms with Crippen LogP contribution in [-0.2, 0) is 0 Å². The maximum Gasteiger partial charge on any atom is -0.0348 e. The first kappa shape index (κ1) is 20.5. The lowest BCUT2D eigenvalue weighted by Crippen LogP contribution is -1.77. The van der Waals surface area contributed by atoms with Gasteiger partial charge in [-0.2, -0.15) is 0 Å². The molecule has 0 spiro atoms. The molecule has 0 saturated carbocycles. The summed E-state index contributed by atoms with van der Waals surface area (Å²) in [5.41, 5.74) is 0. The highest BCUT2D eigenvalue weighted by atomic mass is 13.9. The molecule has 0 amide bonds. The van der Waals surface area contributed by atoms with Crippen LogP contribution in [0.3, 0.4) is 0 Å². The summed E-state index contributed by atoms with van der Waals surface area (Å²) in [5.74, 6) is 0. The molecule has 0 radical (unpaired) electrons. The van der Waals surface area contributed by atoms with E-state index in [2.05, 4.69) is 72.9 Å². The average molecular weight is 325 g/mol. The first-order valence-electron chi connectivity index (χ1n) is 9.97. The minimum atomic E-state index is 1.24. The summed E-state index contributed by atoms with van der Waals surface area (Å²) in [4.78, 5) is 0. The second-order valence-electron chi connectivity index (χ2n) is 6.47. The zero-order chi connectivity index (χ0) is 17.0. The Hall–Kier alpha value is -1.56. The summed E-state index contributed by atoms with van der Waals surface area (Å²) < 4.78 is 0. The molecular weight excluding hydrogens is 288 g/mol. The molecule has 2 aliphatic carbocycles. The molecule has 0 aromatic carbocycles. The highest BCUT2D eigenvalue weighted by Gasteiger charge is 1.88. The maximum absolute atomic E-state index is 2.26. The summed E-state index contributed by atoms with van der Waals surface area (Å²) in [7, 11) is 0. The summed E-state index contributed by atoms with van der Waals surface area (Å²) in [6, 6.07) is 0. The van der Waals surface area contributed by atoms with E-state index < -0.39 is 0 Å². The average Bonchev–Trinajstić information content (AvgIpc) is 2.56. The predicted octanol–water partition coefficient (Wildman–Crippen LogP) is 8.02. The molecule has 2 aliphatic rings. The Morgan fingerprint density at radius 2 is 0.500 bits per heavy atom. The number of rotatable bonds is 0. The molecular formula is C24H36. The molecule has 0 heterocycles. The molecule has 0 aromatic rings. The molecule has 2 rings (SSSR count). The van der Waals surface area contributed by atoms with E-state index in [4.69, 9.17) is 0 Å². The van der Waals surface area contributed by atoms with Crippen LogP contribution in [0.1, 0.15) is 77.0 Å². The van der Waals surface area contributed by atoms with E-state index in [0.29, 0.717) is 0 Å². The van der Waals surface area contributed by atoms with Gasteiger partial charge in [0.2, 0.25) is 0 Å². The van der Waals surface area contributed by atoms with Crippen LogP contribution in [0, 0.1) is 0 Å². The number of hydrogen-bond acceptors (Lipinski definition) is 0. The molecule has 132 valence electrons. The van der Waals surface area contributed by atoms with Gasteiger partial charge in [0.15, 0.2) is 0 Å². The van der Waals surface area contributed by atoms with Crippen molar-refractivity contribution in [2.45, 2.75) is 77.0 Å². The Morgan fingerprint density at radius 3 is 0.750 bits per heavy atom. The van der Waals surface area contributed by atoms with E-state index in [0.717, 1.165) is 0 Å². The topological polar surface area (TPSA) is 0 Å². The highest BCUT2D eigenvalue weighted by molar-refractivity contribution is 5.11. The zero-order valence-corrected chi connectivity index (χ0v) is 15.4. The third-order valence-electron chi connectivity index (χ3n) is 4.19. The van der Waals surface area contributed by atoms with Crippen molar-refractivity contribution >= 4 is 0 Å². The maximum atomic E-state index is 2.26. The van der Waals surface area contributed by atoms with Gasteiger partial charge in [0.25, 0.3) is 0 Å². The minimum Gasteiger partial charge on any atom is -0.0845 e. The van der Waals surface area contributed by atoms with Crippen LogP contribution in [0.2, 0.25) is 0 Å². The van der Waals surface area contributed by atoms with Crippen LogP contribution in [-0.4, -0.2) is 0 Å². The van der Waals surface area contributed by atoms with E-state index in [1.165, 1.54) is 77.0 Å². The molecule has 0 nitrogen and oxygen atoms in total. The van der Waals surface area contributed by atoms with Gasteiger partial charge >= 0.3 is 0 Å². The molecule has 0 aliphatic heterocycles. The number of allylic oxidation sites excluding steroid dienone is 12. The van der Waals surface area contributed by atoms with E-state index in [-0.39, 0.29) is 0 Å². The lowest BCUT2D eigenvalue weighted by atomic mass is 10.1. The van der Waals surface area contributed by atoms with Gasteiger partial charge in [-0.25, -0.2) is 0 Å². The molecule has 0 fully saturated rings. The van der Waals surface area contributed by atoms with E-state index in [1.807, 2.05) is 0 Å². The van der Waals surface area contributed by atoms with Crippen LogP contribution in [0.5, 0.6) is 0 Å². The Kier molecular flexibility index (Phi) is 15.2. The van der Waals surface area contributed by atoms with E-state index in [1.54, 1.807) is 0 Å². The molecule has 0 unspecified atom stereocenters. The van der Waals surface area contributed by atoms with Gasteiger partial charge in [-0.1, -0.05) is 98.6 Å². The summed E-state index contributed by atoms with van der Waals surface area (Å²) >= 11 is 0. The first-order valence-corrected chi connectivity index (χ1v) is 9.97. The predicted molar refractivity (Wildman–Crippen MR) is 110 cm³/mol. The fourth-order valence-corrected chi connectivity index (χ4v) is 2.71. The smallest absolute Gasteiger partial charge is 0.0348 e. The van der Waals surface area contributed by atoms with E-state index >= 15 is 0 Å². The molecule has 0 saturated heterocycles. The monoisotopic (exact) mass is 324 g/mol. The van der Waals surface area contributed by atoms with Gasteiger partial charge in [0.1, 0.15) is 0 Å². The quantitative estimate of drug-likeness (QED) is 0.423. The fraction of sp³-hybridized carbons (Fsp3) is 0.500. The van der Waals surface area contributed by atoms with Gasteiger partial charge in [-0.3, -0.25) is 0 Å². The van der Waals surface area contributed by atoms with Crippen molar-refractivity contribution in [2.24, 2.45) is 0 Å². The van der Waals surface area contributed by atoms with Crippen LogP contribution >= 0.6 is 0 Å². The Morgan fingerprint density at radius 1 is 0.250 bits per heavy atom. The summed E-state index contributed by atoms with van der Waals surface area (Å²) in [5, 5.41) is 0. The van der Waals surface area contributed by atoms with Gasteiger partial charge in [0, 0.05) is 0 Å². The Balaban J connectivity index is 0.000000240. The summed E-state index contributed by atoms with van der Waals surface area (Å²) in [6.07, 6.45) is 42.0. The minimum absolute atomic E-state index is 1.24. The van der Waals surface area contributed by atoms with Crippen molar-refractivity contribution in [3.63, 3.8) is 0 Å². The van der Waals surface area contributed by atoms with Crippen LogP contribution in [0.15, 0.2) is 72.9 Å². The van der Waals surface area contributed by atoms with Gasteiger partial charge in [-0.05, 0) is 51.4 Å². The Bertz CT molecular complexity index is 347. The second-order valence-corrected chi connectivity index (χ2v) is 6.47. The molecule has 0 atom stereocenters.